The minimum Gasteiger partial charge on any atom is -0.508 e. The van der Waals surface area contributed by atoms with Crippen LogP contribution in [-0.2, 0) is 6.54 Å². The molecule has 0 heterocycles. The highest BCUT2D eigenvalue weighted by atomic mass is 35.5. The third-order valence-electron chi connectivity index (χ3n) is 3.29. The summed E-state index contributed by atoms with van der Waals surface area (Å²) in [4.78, 5) is 1.25. The van der Waals surface area contributed by atoms with E-state index in [2.05, 4.69) is 42.8 Å². The van der Waals surface area contributed by atoms with Crippen LogP contribution in [0.5, 0.6) is 5.75 Å². The third-order valence-corrected chi connectivity index (χ3v) is 4.39. The quantitative estimate of drug-likeness (QED) is 0.791. The van der Waals surface area contributed by atoms with Crippen molar-refractivity contribution < 1.29 is 5.11 Å². The van der Waals surface area contributed by atoms with Gasteiger partial charge < -0.3 is 10.4 Å². The summed E-state index contributed by atoms with van der Waals surface area (Å²) in [5.74, 6) is 0.231. The summed E-state index contributed by atoms with van der Waals surface area (Å²) in [5.41, 5.74) is 1.95. The van der Waals surface area contributed by atoms with Crippen molar-refractivity contribution in [3.05, 3.63) is 58.6 Å². The van der Waals surface area contributed by atoms with Crippen molar-refractivity contribution in [2.45, 2.75) is 24.4 Å². The van der Waals surface area contributed by atoms with Crippen molar-refractivity contribution in [3.63, 3.8) is 0 Å². The molecule has 2 N–H and O–H groups in total. The second-order valence-electron chi connectivity index (χ2n) is 4.61. The second kappa shape index (κ2) is 7.02. The molecule has 106 valence electrons. The summed E-state index contributed by atoms with van der Waals surface area (Å²) in [6.07, 6.45) is 2.07. The van der Waals surface area contributed by atoms with Gasteiger partial charge in [-0.15, -0.1) is 11.8 Å². The number of nitrogens with one attached hydrogen (secondary N) is 1. The van der Waals surface area contributed by atoms with E-state index in [1.807, 2.05) is 0 Å². The molecule has 2 rings (SSSR count). The monoisotopic (exact) mass is 307 g/mol. The zero-order valence-electron chi connectivity index (χ0n) is 11.6. The number of hydrogen-bond donors (Lipinski definition) is 2. The molecule has 0 amide bonds. The van der Waals surface area contributed by atoms with Crippen molar-refractivity contribution in [1.82, 2.24) is 5.32 Å². The van der Waals surface area contributed by atoms with E-state index in [9.17, 15) is 5.11 Å². The molecule has 0 aliphatic rings. The van der Waals surface area contributed by atoms with Crippen molar-refractivity contribution in [3.8, 4) is 5.75 Å². The number of thioether (sulfide) groups is 1. The number of phenolic OH excluding ortho intramolecular Hbond substituents is 1. The molecule has 1 atom stereocenters. The molecule has 0 aliphatic carbocycles. The number of halogens is 1. The lowest BCUT2D eigenvalue weighted by Gasteiger charge is -2.16. The average Bonchev–Trinajstić information content (AvgIpc) is 2.46. The van der Waals surface area contributed by atoms with Gasteiger partial charge in [0.25, 0.3) is 0 Å². The van der Waals surface area contributed by atoms with E-state index in [-0.39, 0.29) is 11.8 Å². The highest BCUT2D eigenvalue weighted by molar-refractivity contribution is 7.98. The molecule has 20 heavy (non-hydrogen) atoms. The van der Waals surface area contributed by atoms with Crippen molar-refractivity contribution in [2.24, 2.45) is 0 Å². The minimum atomic E-state index is 0.196. The van der Waals surface area contributed by atoms with Crippen molar-refractivity contribution >= 4 is 23.4 Å². The molecule has 0 fully saturated rings. The maximum atomic E-state index is 9.82. The van der Waals surface area contributed by atoms with Crippen LogP contribution in [0, 0.1) is 0 Å². The van der Waals surface area contributed by atoms with Gasteiger partial charge >= 0.3 is 0 Å². The van der Waals surface area contributed by atoms with Gasteiger partial charge in [-0.1, -0.05) is 29.8 Å². The first-order chi connectivity index (χ1) is 9.61. The fraction of sp³-hybridized carbons (Fsp3) is 0.250. The van der Waals surface area contributed by atoms with Gasteiger partial charge in [0.05, 0.1) is 0 Å². The van der Waals surface area contributed by atoms with Gasteiger partial charge in [-0.2, -0.15) is 0 Å². The minimum absolute atomic E-state index is 0.196. The van der Waals surface area contributed by atoms with E-state index in [0.717, 1.165) is 5.56 Å². The smallest absolute Gasteiger partial charge is 0.121 e. The Morgan fingerprint density at radius 2 is 1.90 bits per heavy atom. The molecule has 2 nitrogen and oxygen atoms in total. The van der Waals surface area contributed by atoms with Gasteiger partial charge in [-0.05, 0) is 43.0 Å². The Bertz CT molecular complexity index is 551. The summed E-state index contributed by atoms with van der Waals surface area (Å²) in [6.45, 7) is 2.64. The second-order valence-corrected chi connectivity index (χ2v) is 5.90. The number of benzene rings is 2. The summed E-state index contributed by atoms with van der Waals surface area (Å²) in [5, 5.41) is 13.8. The molecule has 2 aromatic carbocycles. The van der Waals surface area contributed by atoms with Crippen LogP contribution in [0.25, 0.3) is 0 Å². The van der Waals surface area contributed by atoms with Gasteiger partial charge in [-0.3, -0.25) is 0 Å². The first-order valence-corrected chi connectivity index (χ1v) is 8.05. The Hall–Kier alpha value is -1.16. The topological polar surface area (TPSA) is 32.3 Å². The van der Waals surface area contributed by atoms with Crippen molar-refractivity contribution in [2.75, 3.05) is 6.26 Å². The van der Waals surface area contributed by atoms with E-state index in [1.165, 1.54) is 10.5 Å². The van der Waals surface area contributed by atoms with E-state index in [1.54, 1.807) is 30.0 Å². The summed E-state index contributed by atoms with van der Waals surface area (Å²) >= 11 is 7.83. The van der Waals surface area contributed by atoms with Crippen LogP contribution in [0.15, 0.2) is 47.4 Å². The molecule has 2 aromatic rings. The zero-order chi connectivity index (χ0) is 14.5. The number of phenols is 1. The molecule has 1 unspecified atom stereocenters. The maximum absolute atomic E-state index is 9.82. The van der Waals surface area contributed by atoms with Gasteiger partial charge in [-0.25, -0.2) is 0 Å². The number of hydrogen-bond acceptors (Lipinski definition) is 3. The van der Waals surface area contributed by atoms with Crippen LogP contribution in [0.3, 0.4) is 0 Å². The lowest BCUT2D eigenvalue weighted by atomic mass is 10.1. The molecule has 0 saturated heterocycles. The maximum Gasteiger partial charge on any atom is 0.121 e. The molecular weight excluding hydrogens is 290 g/mol. The predicted octanol–water partition coefficient (Wildman–Crippen LogP) is 4.62. The van der Waals surface area contributed by atoms with E-state index < -0.39 is 0 Å². The Labute approximate surface area is 129 Å². The number of aromatic hydroxyl groups is 1. The molecule has 0 bridgehead atoms. The molecule has 4 heteroatoms. The Morgan fingerprint density at radius 1 is 1.20 bits per heavy atom. The van der Waals surface area contributed by atoms with Gasteiger partial charge in [0.1, 0.15) is 5.75 Å². The van der Waals surface area contributed by atoms with E-state index in [0.29, 0.717) is 11.6 Å². The van der Waals surface area contributed by atoms with Crippen LogP contribution < -0.4 is 5.32 Å². The SMILES string of the molecule is CSc1ccc(C(C)NCc2c(O)cccc2Cl)cc1. The zero-order valence-corrected chi connectivity index (χ0v) is 13.1. The molecule has 0 saturated carbocycles. The van der Waals surface area contributed by atoms with Crippen LogP contribution in [-0.4, -0.2) is 11.4 Å². The highest BCUT2D eigenvalue weighted by Gasteiger charge is 2.09. The summed E-state index contributed by atoms with van der Waals surface area (Å²) < 4.78 is 0. The Balaban J connectivity index is 2.02. The molecule has 0 aromatic heterocycles. The van der Waals surface area contributed by atoms with Gasteiger partial charge in [0.2, 0.25) is 0 Å². The summed E-state index contributed by atoms with van der Waals surface area (Å²) in [6, 6.07) is 13.9. The van der Waals surface area contributed by atoms with Crippen molar-refractivity contribution in [1.29, 1.82) is 0 Å². The molecule has 0 radical (unpaired) electrons. The standard InChI is InChI=1S/C16H18ClNOS/c1-11(12-6-8-13(20-2)9-7-12)18-10-14-15(17)4-3-5-16(14)19/h3-9,11,18-19H,10H2,1-2H3. The first kappa shape index (κ1) is 15.2. The molecule has 0 spiro atoms. The van der Waals surface area contributed by atoms with E-state index >= 15 is 0 Å². The van der Waals surface area contributed by atoms with Crippen LogP contribution in [0.1, 0.15) is 24.1 Å². The molecular formula is C16H18ClNOS. The van der Waals surface area contributed by atoms with Crippen LogP contribution in [0.4, 0.5) is 0 Å². The van der Waals surface area contributed by atoms with E-state index in [4.69, 9.17) is 11.6 Å². The lowest BCUT2D eigenvalue weighted by Crippen LogP contribution is -2.18. The third kappa shape index (κ3) is 3.69. The normalized spacial score (nSPS) is 12.3. The van der Waals surface area contributed by atoms with Crippen LogP contribution >= 0.6 is 23.4 Å². The van der Waals surface area contributed by atoms with Gasteiger partial charge in [0.15, 0.2) is 0 Å². The van der Waals surface area contributed by atoms with Crippen LogP contribution in [0.2, 0.25) is 5.02 Å². The average molecular weight is 308 g/mol. The fourth-order valence-corrected chi connectivity index (χ4v) is 2.63. The molecule has 0 aliphatic heterocycles. The Kier molecular flexibility index (Phi) is 5.35. The lowest BCUT2D eigenvalue weighted by molar-refractivity contribution is 0.460. The fourth-order valence-electron chi connectivity index (χ4n) is 1.99. The number of rotatable bonds is 5. The highest BCUT2D eigenvalue weighted by Crippen LogP contribution is 2.26. The largest absolute Gasteiger partial charge is 0.508 e. The first-order valence-electron chi connectivity index (χ1n) is 6.45. The summed E-state index contributed by atoms with van der Waals surface area (Å²) in [7, 11) is 0. The predicted molar refractivity (Wildman–Crippen MR) is 86.6 cm³/mol. The van der Waals surface area contributed by atoms with Gasteiger partial charge in [0, 0.05) is 28.1 Å². The Morgan fingerprint density at radius 3 is 2.50 bits per heavy atom.